The molecule has 0 aliphatic carbocycles. The van der Waals surface area contributed by atoms with Crippen molar-refractivity contribution in [3.63, 3.8) is 0 Å². The van der Waals surface area contributed by atoms with Gasteiger partial charge >= 0.3 is 0 Å². The van der Waals surface area contributed by atoms with E-state index in [9.17, 15) is 24.0 Å². The molecule has 20 rings (SSSR count). The van der Waals surface area contributed by atoms with E-state index >= 15 is 0 Å². The molecule has 5 N–H and O–H groups in total. The molecule has 0 bridgehead atoms. The maximum Gasteiger partial charge on any atom is 0.269 e. The van der Waals surface area contributed by atoms with Gasteiger partial charge in [-0.05, 0) is 156 Å². The van der Waals surface area contributed by atoms with Crippen LogP contribution in [0.4, 0.5) is 0 Å². The summed E-state index contributed by atoms with van der Waals surface area (Å²) in [6.07, 6.45) is 17.1. The van der Waals surface area contributed by atoms with Gasteiger partial charge in [-0.25, -0.2) is 59.8 Å². The van der Waals surface area contributed by atoms with Gasteiger partial charge in [0.25, 0.3) is 27.8 Å². The number of nitrogens with zero attached hydrogens (tertiary/aromatic N) is 15. The number of hydrogen-bond acceptors (Lipinski definition) is 25. The van der Waals surface area contributed by atoms with Gasteiger partial charge in [0, 0.05) is 131 Å². The highest BCUT2D eigenvalue weighted by molar-refractivity contribution is 7.20. The van der Waals surface area contributed by atoms with Crippen molar-refractivity contribution in [1.29, 1.82) is 0 Å². The molecular formula is C95H86N20O8S5. The number of rotatable bonds is 17. The van der Waals surface area contributed by atoms with Crippen LogP contribution in [-0.4, -0.2) is 117 Å². The maximum atomic E-state index is 12.7. The molecule has 0 aliphatic rings. The first kappa shape index (κ1) is 87.0. The molecule has 0 fully saturated rings. The van der Waals surface area contributed by atoms with Gasteiger partial charge in [0.15, 0.2) is 52.4 Å². The van der Waals surface area contributed by atoms with Crippen molar-refractivity contribution < 1.29 is 14.2 Å². The number of thiophene rings is 5. The average Bonchev–Trinajstić information content (AvgIpc) is 1.64. The largest absolute Gasteiger partial charge is 0.493 e. The Morgan fingerprint density at radius 2 is 0.781 bits per heavy atom. The van der Waals surface area contributed by atoms with Crippen molar-refractivity contribution in [3.05, 3.63) is 284 Å². The topological polar surface area (TPSA) is 361 Å². The lowest BCUT2D eigenvalue weighted by atomic mass is 10.0. The van der Waals surface area contributed by atoms with Crippen LogP contribution < -0.4 is 42.0 Å². The lowest BCUT2D eigenvalue weighted by Crippen LogP contribution is -2.09. The Balaban J connectivity index is 0.000000118. The zero-order valence-corrected chi connectivity index (χ0v) is 76.2. The van der Waals surface area contributed by atoms with Crippen LogP contribution in [0.2, 0.25) is 0 Å². The Bertz CT molecular complexity index is 7610. The molecule has 20 aromatic rings. The minimum Gasteiger partial charge on any atom is -0.493 e. The number of hydrogen-bond donors (Lipinski definition) is 5. The van der Waals surface area contributed by atoms with Crippen LogP contribution in [0.25, 0.3) is 165 Å². The van der Waals surface area contributed by atoms with E-state index in [0.717, 1.165) is 88.9 Å². The standard InChI is InChI=1S/C21H22N4O2S.2C20H20N4O2S.2C17H12N4OS/c1-11(2)27-15-7-6-14(10-12(15)3)16-13(4)28-18-17(16)23-19(24-21(18)26)20-22-8-9-25(20)5;1-11(2)26-15-6-5-13(9-12(15)3)14-10-27-17-16(14)22-18(23-20(17)25)19-21-7-8-24(19)4;1-12(2)10-26-14-6-4-13(5-7-14)15-11-27-17-16(15)22-18(23-20(17)25)19-21-8-9-24(19)3;1-10-4-2-5-11(8-10)12-9-23-14-13(12)20-16(21-17(14)22)15-18-6-3-7-19-15;1-10-3-2-4-11(7-10)12-8-23-15-14(12)20-16(21-17(15)22)13-5-6-18-9-19-13/h6-11H,1-5H3,(H,23,24,26);5-11H,1-4H3,(H,22,23,25);4-9,11-12H,10H2,1-3H3,(H,22,23,25);2*2-9H,1H3,(H,20,21,22). The highest BCUT2D eigenvalue weighted by Gasteiger charge is 2.24. The van der Waals surface area contributed by atoms with E-state index in [2.05, 4.69) is 108 Å². The second kappa shape index (κ2) is 37.7. The van der Waals surface area contributed by atoms with Crippen molar-refractivity contribution in [2.45, 2.75) is 88.4 Å². The van der Waals surface area contributed by atoms with E-state index in [1.165, 1.54) is 74.1 Å². The molecule has 128 heavy (non-hydrogen) atoms. The third-order valence-electron chi connectivity index (χ3n) is 20.2. The lowest BCUT2D eigenvalue weighted by molar-refractivity contribution is 0.240. The third kappa shape index (κ3) is 18.9. The minimum atomic E-state index is -0.165. The van der Waals surface area contributed by atoms with Gasteiger partial charge in [0.05, 0.1) is 46.4 Å². The molecule has 15 aromatic heterocycles. The average molecular weight is 1800 g/mol. The third-order valence-corrected chi connectivity index (χ3v) is 25.2. The normalized spacial score (nSPS) is 11.3. The molecule has 0 saturated carbocycles. The van der Waals surface area contributed by atoms with Gasteiger partial charge in [-0.15, -0.1) is 56.7 Å². The summed E-state index contributed by atoms with van der Waals surface area (Å²) in [7, 11) is 5.62. The number of aromatic amines is 5. The summed E-state index contributed by atoms with van der Waals surface area (Å²) in [5.74, 6) is 7.60. The highest BCUT2D eigenvalue weighted by Crippen LogP contribution is 2.41. The number of H-pyrrole nitrogens is 5. The fourth-order valence-electron chi connectivity index (χ4n) is 14.2. The Kier molecular flexibility index (Phi) is 25.6. The van der Waals surface area contributed by atoms with Gasteiger partial charge in [-0.3, -0.25) is 24.0 Å². The molecule has 0 amide bonds. The van der Waals surface area contributed by atoms with Crippen LogP contribution in [0.5, 0.6) is 17.2 Å². The van der Waals surface area contributed by atoms with Gasteiger partial charge in [-0.2, -0.15) is 0 Å². The number of fused-ring (bicyclic) bond motifs is 5. The summed E-state index contributed by atoms with van der Waals surface area (Å²) in [6, 6.07) is 39.9. The molecule has 5 aromatic carbocycles. The van der Waals surface area contributed by atoms with Crippen LogP contribution in [0.15, 0.2) is 229 Å². The van der Waals surface area contributed by atoms with E-state index in [4.69, 9.17) is 29.2 Å². The van der Waals surface area contributed by atoms with Crippen LogP contribution in [-0.2, 0) is 21.1 Å². The molecule has 0 aliphatic heterocycles. The molecule has 33 heteroatoms. The van der Waals surface area contributed by atoms with Crippen LogP contribution in [0.1, 0.15) is 68.7 Å². The quantitative estimate of drug-likeness (QED) is 0.0565. The van der Waals surface area contributed by atoms with Gasteiger partial charge in [-0.1, -0.05) is 97.8 Å². The molecule has 0 spiro atoms. The van der Waals surface area contributed by atoms with Crippen molar-refractivity contribution >= 4 is 108 Å². The summed E-state index contributed by atoms with van der Waals surface area (Å²) in [5, 5.41) is 7.90. The zero-order valence-electron chi connectivity index (χ0n) is 72.1. The first-order chi connectivity index (χ1) is 61.7. The Morgan fingerprint density at radius 3 is 1.20 bits per heavy atom. The van der Waals surface area contributed by atoms with Crippen LogP contribution >= 0.6 is 56.7 Å². The first-order valence-corrected chi connectivity index (χ1v) is 45.1. The Hall–Kier alpha value is -14.5. The summed E-state index contributed by atoms with van der Waals surface area (Å²) < 4.78 is 26.0. The Labute approximate surface area is 752 Å². The van der Waals surface area contributed by atoms with E-state index in [1.807, 2.05) is 222 Å². The molecule has 0 unspecified atom stereocenters. The molecule has 28 nitrogen and oxygen atoms in total. The molecule has 0 radical (unpaired) electrons. The second-order valence-corrected chi connectivity index (χ2v) is 35.8. The summed E-state index contributed by atoms with van der Waals surface area (Å²) in [4.78, 5) is 130. The molecule has 644 valence electrons. The number of aromatic nitrogens is 20. The van der Waals surface area contributed by atoms with Gasteiger partial charge in [0.2, 0.25) is 0 Å². The fourth-order valence-corrected chi connectivity index (χ4v) is 18.8. The van der Waals surface area contributed by atoms with Gasteiger partial charge < -0.3 is 52.8 Å². The number of benzene rings is 5. The monoisotopic (exact) mass is 1790 g/mol. The SMILES string of the molecule is CC(C)COc1ccc(-c2csc3c(=O)[nH]c(-c4nccn4C)nc23)cc1.Cc1cc(-c2c(C)sc3c(=O)[nH]c(-c4nccn4C)nc23)ccc1OC(C)C.Cc1cc(-c2csc3c(=O)[nH]c(-c4nccn4C)nc23)ccc1OC(C)C.Cc1cccc(-c2csc3c(=O)[nH]c(-c4ccncn4)nc23)c1.Cc1cccc(-c2csc3c(=O)[nH]c(-c4ncccn4)nc23)c1. The fraction of sp³-hybridized carbons (Fsp3) is 0.189. The number of nitrogens with one attached hydrogen (secondary N) is 5. The summed E-state index contributed by atoms with van der Waals surface area (Å²) in [5.41, 5.74) is 17.7. The molecular weight excluding hydrogens is 1710 g/mol. The van der Waals surface area contributed by atoms with Crippen molar-refractivity contribution in [3.8, 4) is 131 Å². The summed E-state index contributed by atoms with van der Waals surface area (Å²) in [6.45, 7) is 23.1. The predicted octanol–water partition coefficient (Wildman–Crippen LogP) is 19.5. The van der Waals surface area contributed by atoms with Gasteiger partial charge in [0.1, 0.15) is 52.8 Å². The molecule has 0 atom stereocenters. The van der Waals surface area contributed by atoms with Crippen LogP contribution in [0.3, 0.4) is 0 Å². The molecule has 15 heterocycles. The zero-order chi connectivity index (χ0) is 89.7. The van der Waals surface area contributed by atoms with Crippen molar-refractivity contribution in [2.24, 2.45) is 27.1 Å². The summed E-state index contributed by atoms with van der Waals surface area (Å²) >= 11 is 7.07. The number of imidazole rings is 3. The lowest BCUT2D eigenvalue weighted by Gasteiger charge is -2.13. The second-order valence-electron chi connectivity index (χ2n) is 31.1. The van der Waals surface area contributed by atoms with E-state index in [1.54, 1.807) is 49.3 Å². The first-order valence-electron chi connectivity index (χ1n) is 40.7. The van der Waals surface area contributed by atoms with Crippen molar-refractivity contribution in [1.82, 2.24) is 98.4 Å². The Morgan fingerprint density at radius 1 is 0.383 bits per heavy atom. The molecule has 0 saturated heterocycles. The number of ether oxygens (including phenoxy) is 3. The van der Waals surface area contributed by atoms with E-state index in [0.29, 0.717) is 122 Å². The smallest absolute Gasteiger partial charge is 0.269 e. The maximum absolute atomic E-state index is 12.7. The van der Waals surface area contributed by atoms with Crippen molar-refractivity contribution in [2.75, 3.05) is 6.61 Å². The number of aryl methyl sites for hydroxylation is 8. The minimum absolute atomic E-state index is 0.119. The van der Waals surface area contributed by atoms with E-state index in [-0.39, 0.29) is 40.0 Å². The van der Waals surface area contributed by atoms with E-state index < -0.39 is 0 Å². The highest BCUT2D eigenvalue weighted by atomic mass is 32.1. The predicted molar refractivity (Wildman–Crippen MR) is 513 cm³/mol. The van der Waals surface area contributed by atoms with Crippen LogP contribution in [0, 0.1) is 40.5 Å².